The molecule has 6 nitrogen and oxygen atoms in total. The van der Waals surface area contributed by atoms with Crippen LogP contribution in [0.5, 0.6) is 0 Å². The molecule has 3 aromatic rings. The second-order valence-electron chi connectivity index (χ2n) is 8.42. The lowest BCUT2D eigenvalue weighted by atomic mass is 10.1. The number of ether oxygens (including phenoxy) is 1. The van der Waals surface area contributed by atoms with Crippen molar-refractivity contribution in [1.29, 1.82) is 0 Å². The maximum Gasteiger partial charge on any atom is 0.292 e. The molecule has 2 N–H and O–H groups in total. The monoisotopic (exact) mass is 438 g/mol. The van der Waals surface area contributed by atoms with Crippen LogP contribution >= 0.6 is 11.3 Å². The van der Waals surface area contributed by atoms with Crippen molar-refractivity contribution in [2.75, 3.05) is 18.5 Å². The molecule has 1 atom stereocenters. The van der Waals surface area contributed by atoms with Gasteiger partial charge in [-0.15, -0.1) is 11.3 Å². The molecule has 0 radical (unpaired) electrons. The first-order chi connectivity index (χ1) is 15.0. The van der Waals surface area contributed by atoms with Crippen molar-refractivity contribution in [1.82, 2.24) is 5.32 Å². The van der Waals surface area contributed by atoms with Crippen molar-refractivity contribution < 1.29 is 18.7 Å². The summed E-state index contributed by atoms with van der Waals surface area (Å²) in [6, 6.07) is 5.92. The second kappa shape index (κ2) is 8.13. The third kappa shape index (κ3) is 3.77. The lowest BCUT2D eigenvalue weighted by Gasteiger charge is -2.12. The SMILES string of the molecule is Cc1ccc2c(C)c(C(=O)Nc3sc4c(c3C(=O)NC[C@H]3CCCO3)CCC4)oc2c1. The first-order valence-corrected chi connectivity index (χ1v) is 11.7. The van der Waals surface area contributed by atoms with E-state index in [1.165, 1.54) is 16.2 Å². The van der Waals surface area contributed by atoms with Gasteiger partial charge in [-0.3, -0.25) is 9.59 Å². The zero-order valence-corrected chi connectivity index (χ0v) is 18.6. The Morgan fingerprint density at radius 1 is 1.16 bits per heavy atom. The quantitative estimate of drug-likeness (QED) is 0.602. The van der Waals surface area contributed by atoms with Gasteiger partial charge < -0.3 is 19.8 Å². The fraction of sp³-hybridized carbons (Fsp3) is 0.417. The average molecular weight is 439 g/mol. The normalized spacial score (nSPS) is 17.8. The minimum Gasteiger partial charge on any atom is -0.451 e. The number of hydrogen-bond acceptors (Lipinski definition) is 5. The van der Waals surface area contributed by atoms with E-state index in [9.17, 15) is 9.59 Å². The Bertz CT molecular complexity index is 1170. The van der Waals surface area contributed by atoms with Gasteiger partial charge in [-0.05, 0) is 63.1 Å². The molecule has 5 rings (SSSR count). The van der Waals surface area contributed by atoms with Gasteiger partial charge in [0.15, 0.2) is 5.76 Å². The lowest BCUT2D eigenvalue weighted by Crippen LogP contribution is -2.32. The molecule has 1 saturated heterocycles. The summed E-state index contributed by atoms with van der Waals surface area (Å²) in [6.07, 6.45) is 4.94. The van der Waals surface area contributed by atoms with Gasteiger partial charge >= 0.3 is 0 Å². The Kier molecular flexibility index (Phi) is 5.32. The summed E-state index contributed by atoms with van der Waals surface area (Å²) in [5.74, 6) is -0.165. The minimum absolute atomic E-state index is 0.0790. The summed E-state index contributed by atoms with van der Waals surface area (Å²) in [5, 5.41) is 7.53. The molecule has 162 valence electrons. The second-order valence-corrected chi connectivity index (χ2v) is 9.52. The third-order valence-electron chi connectivity index (χ3n) is 6.19. The van der Waals surface area contributed by atoms with Gasteiger partial charge in [-0.2, -0.15) is 0 Å². The highest BCUT2D eigenvalue weighted by Gasteiger charge is 2.29. The Balaban J connectivity index is 1.41. The average Bonchev–Trinajstić information content (AvgIpc) is 3.50. The molecule has 0 spiro atoms. The summed E-state index contributed by atoms with van der Waals surface area (Å²) in [7, 11) is 0. The predicted molar refractivity (Wildman–Crippen MR) is 121 cm³/mol. The lowest BCUT2D eigenvalue weighted by molar-refractivity contribution is 0.0858. The van der Waals surface area contributed by atoms with E-state index in [0.717, 1.165) is 60.8 Å². The van der Waals surface area contributed by atoms with Crippen molar-refractivity contribution in [3.05, 3.63) is 51.1 Å². The van der Waals surface area contributed by atoms with E-state index in [1.807, 2.05) is 32.0 Å². The van der Waals surface area contributed by atoms with E-state index in [0.29, 0.717) is 28.5 Å². The minimum atomic E-state index is -0.320. The molecule has 0 saturated carbocycles. The van der Waals surface area contributed by atoms with E-state index < -0.39 is 0 Å². The van der Waals surface area contributed by atoms with Gasteiger partial charge in [0.25, 0.3) is 11.8 Å². The van der Waals surface area contributed by atoms with E-state index in [4.69, 9.17) is 9.15 Å². The topological polar surface area (TPSA) is 80.6 Å². The molecule has 1 aromatic carbocycles. The van der Waals surface area contributed by atoms with Crippen LogP contribution in [0.1, 0.15) is 61.7 Å². The Morgan fingerprint density at radius 3 is 2.84 bits per heavy atom. The van der Waals surface area contributed by atoms with Crippen LogP contribution < -0.4 is 10.6 Å². The van der Waals surface area contributed by atoms with Crippen LogP contribution in [-0.4, -0.2) is 31.1 Å². The molecule has 7 heteroatoms. The van der Waals surface area contributed by atoms with Crippen molar-refractivity contribution in [3.63, 3.8) is 0 Å². The number of aryl methyl sites for hydroxylation is 3. The van der Waals surface area contributed by atoms with Gasteiger partial charge in [-0.25, -0.2) is 0 Å². The van der Waals surface area contributed by atoms with Crippen molar-refractivity contribution >= 4 is 39.1 Å². The Labute approximate surface area is 185 Å². The smallest absolute Gasteiger partial charge is 0.292 e. The van der Waals surface area contributed by atoms with Crippen LogP contribution in [0.3, 0.4) is 0 Å². The van der Waals surface area contributed by atoms with Crippen molar-refractivity contribution in [2.24, 2.45) is 0 Å². The maximum atomic E-state index is 13.1. The zero-order chi connectivity index (χ0) is 21.5. The predicted octanol–water partition coefficient (Wildman–Crippen LogP) is 4.76. The fourth-order valence-electron chi connectivity index (χ4n) is 4.54. The molecule has 1 aliphatic carbocycles. The number of thiophene rings is 1. The van der Waals surface area contributed by atoms with Crippen LogP contribution in [-0.2, 0) is 17.6 Å². The van der Waals surface area contributed by atoms with Gasteiger partial charge in [0.1, 0.15) is 10.6 Å². The zero-order valence-electron chi connectivity index (χ0n) is 17.8. The largest absolute Gasteiger partial charge is 0.451 e. The first-order valence-electron chi connectivity index (χ1n) is 10.9. The Morgan fingerprint density at radius 2 is 2.03 bits per heavy atom. The molecule has 0 unspecified atom stereocenters. The molecule has 1 fully saturated rings. The number of carbonyl (C=O) groups excluding carboxylic acids is 2. The van der Waals surface area contributed by atoms with E-state index >= 15 is 0 Å². The first kappa shape index (κ1) is 20.3. The standard InChI is InChI=1S/C24H26N2O4S/c1-13-8-9-16-14(2)21(30-18(16)11-13)23(28)26-24-20(17-6-3-7-19(17)31-24)22(27)25-12-15-5-4-10-29-15/h8-9,11,15H,3-7,10,12H2,1-2H3,(H,25,27)(H,26,28)/t15-/m1/s1. The molecule has 3 heterocycles. The van der Waals surface area contributed by atoms with Crippen LogP contribution in [0.25, 0.3) is 11.0 Å². The Hall–Kier alpha value is -2.64. The number of anilines is 1. The van der Waals surface area contributed by atoms with Gasteiger partial charge in [0.2, 0.25) is 0 Å². The summed E-state index contributed by atoms with van der Waals surface area (Å²) in [6.45, 7) is 5.14. The summed E-state index contributed by atoms with van der Waals surface area (Å²) >= 11 is 1.51. The number of carbonyl (C=O) groups is 2. The van der Waals surface area contributed by atoms with E-state index in [2.05, 4.69) is 10.6 Å². The van der Waals surface area contributed by atoms with Crippen molar-refractivity contribution in [3.8, 4) is 0 Å². The van der Waals surface area contributed by atoms with Gasteiger partial charge in [0.05, 0.1) is 11.7 Å². The van der Waals surface area contributed by atoms with Gasteiger partial charge in [-0.1, -0.05) is 12.1 Å². The van der Waals surface area contributed by atoms with Crippen LogP contribution in [0.2, 0.25) is 0 Å². The molecule has 0 bridgehead atoms. The van der Waals surface area contributed by atoms with Gasteiger partial charge in [0, 0.05) is 29.0 Å². The van der Waals surface area contributed by atoms with E-state index in [-0.39, 0.29) is 17.9 Å². The highest BCUT2D eigenvalue weighted by molar-refractivity contribution is 7.17. The number of fused-ring (bicyclic) bond motifs is 2. The molecule has 1 aliphatic heterocycles. The maximum absolute atomic E-state index is 13.1. The van der Waals surface area contributed by atoms with Crippen LogP contribution in [0, 0.1) is 13.8 Å². The number of rotatable bonds is 5. The molecule has 2 aromatic heterocycles. The number of nitrogens with one attached hydrogen (secondary N) is 2. The van der Waals surface area contributed by atoms with E-state index in [1.54, 1.807) is 0 Å². The molecular formula is C24H26N2O4S. The van der Waals surface area contributed by atoms with Crippen LogP contribution in [0.15, 0.2) is 22.6 Å². The number of amides is 2. The molecule has 2 aliphatic rings. The summed E-state index contributed by atoms with van der Waals surface area (Å²) in [4.78, 5) is 27.4. The fourth-order valence-corrected chi connectivity index (χ4v) is 5.82. The highest BCUT2D eigenvalue weighted by atomic mass is 32.1. The summed E-state index contributed by atoms with van der Waals surface area (Å²) < 4.78 is 11.5. The molecule has 2 amide bonds. The number of benzene rings is 1. The third-order valence-corrected chi connectivity index (χ3v) is 7.40. The van der Waals surface area contributed by atoms with Crippen LogP contribution in [0.4, 0.5) is 5.00 Å². The number of furan rings is 1. The summed E-state index contributed by atoms with van der Waals surface area (Å²) in [5.41, 5.74) is 4.26. The van der Waals surface area contributed by atoms with Crippen molar-refractivity contribution in [2.45, 2.75) is 52.1 Å². The number of hydrogen-bond donors (Lipinski definition) is 2. The molecular weight excluding hydrogens is 412 g/mol. The molecule has 31 heavy (non-hydrogen) atoms. The highest BCUT2D eigenvalue weighted by Crippen LogP contribution is 2.39.